The largest absolute Gasteiger partial charge is 0.466 e. The summed E-state index contributed by atoms with van der Waals surface area (Å²) in [5, 5.41) is 0. The van der Waals surface area contributed by atoms with Crippen molar-refractivity contribution >= 4 is 23.8 Å². The molecule has 0 saturated heterocycles. The van der Waals surface area contributed by atoms with Gasteiger partial charge in [0, 0.05) is 26.2 Å². The number of nitrogens with two attached hydrogens (primary N) is 4. The van der Waals surface area contributed by atoms with E-state index in [0.717, 1.165) is 77.0 Å². The Hall–Kier alpha value is -2.80. The number of carbonyl (C=O) groups is 4. The van der Waals surface area contributed by atoms with E-state index in [9.17, 15) is 19.2 Å². The third kappa shape index (κ3) is 43.9. The molecule has 0 unspecified atom stereocenters. The Morgan fingerprint density at radius 2 is 0.686 bits per heavy atom. The highest BCUT2D eigenvalue weighted by atomic mass is 16.5. The van der Waals surface area contributed by atoms with Crippen molar-refractivity contribution in [2.24, 2.45) is 22.9 Å². The van der Waals surface area contributed by atoms with Crippen LogP contribution in [0.25, 0.3) is 0 Å². The van der Waals surface area contributed by atoms with Crippen molar-refractivity contribution in [3.05, 3.63) is 24.3 Å². The summed E-state index contributed by atoms with van der Waals surface area (Å²) in [6.45, 7) is 7.56. The van der Waals surface area contributed by atoms with Gasteiger partial charge >= 0.3 is 11.9 Å². The van der Waals surface area contributed by atoms with E-state index < -0.39 is 12.1 Å². The lowest BCUT2D eigenvalue weighted by Crippen LogP contribution is -2.46. The zero-order valence-electron chi connectivity index (χ0n) is 45.6. The van der Waals surface area contributed by atoms with E-state index in [1.54, 1.807) is 9.80 Å². The summed E-state index contributed by atoms with van der Waals surface area (Å²) in [7, 11) is 0. The molecule has 2 amide bonds. The molecule has 0 rings (SSSR count). The first-order valence-electron chi connectivity index (χ1n) is 29.3. The number of hydrogen-bond acceptors (Lipinski definition) is 10. The Balaban J connectivity index is 4.77. The van der Waals surface area contributed by atoms with Gasteiger partial charge in [0.25, 0.3) is 0 Å². The van der Waals surface area contributed by atoms with Crippen LogP contribution < -0.4 is 22.9 Å². The lowest BCUT2D eigenvalue weighted by Gasteiger charge is -2.28. The summed E-state index contributed by atoms with van der Waals surface area (Å²) in [5.74, 6) is -1.03. The second-order valence-corrected chi connectivity index (χ2v) is 20.0. The molecule has 0 fully saturated rings. The third-order valence-electron chi connectivity index (χ3n) is 13.3. The minimum Gasteiger partial charge on any atom is -0.466 e. The van der Waals surface area contributed by atoms with Crippen molar-refractivity contribution in [2.45, 2.75) is 270 Å². The highest BCUT2D eigenvalue weighted by Crippen LogP contribution is 2.14. The summed E-state index contributed by atoms with van der Waals surface area (Å²) in [5.41, 5.74) is 24.1. The summed E-state index contributed by atoms with van der Waals surface area (Å²) in [6, 6.07) is -1.37. The monoisotopic (exact) mass is 989 g/mol. The average Bonchev–Trinajstić information content (AvgIpc) is 3.36. The molecule has 0 bridgehead atoms. The third-order valence-corrected chi connectivity index (χ3v) is 13.3. The number of rotatable bonds is 53. The summed E-state index contributed by atoms with van der Waals surface area (Å²) >= 11 is 0. The fraction of sp³-hybridized carbons (Fsp3) is 0.862. The van der Waals surface area contributed by atoms with Crippen LogP contribution in [-0.4, -0.2) is 98.1 Å². The quantitative estimate of drug-likeness (QED) is 0.0258. The van der Waals surface area contributed by atoms with Gasteiger partial charge in [-0.05, 0) is 116 Å². The Morgan fingerprint density at radius 3 is 1.00 bits per heavy atom. The number of allylic oxidation sites excluding steroid dienone is 4. The first-order chi connectivity index (χ1) is 34.2. The SMILES string of the molecule is CCCCCCCC/C=C\CCCCCCCCOC(=O)CCN(CCCCN(CCC(=O)OCCCCCCCC/C=C\CCCCCCCC)C(=O)[C@H](N)CCCCN)C(=O)[C@H](N)CCCCN. The van der Waals surface area contributed by atoms with Crippen LogP contribution in [0.1, 0.15) is 258 Å². The molecule has 12 heteroatoms. The van der Waals surface area contributed by atoms with Gasteiger partial charge in [-0.15, -0.1) is 0 Å². The van der Waals surface area contributed by atoms with Crippen molar-refractivity contribution < 1.29 is 28.7 Å². The van der Waals surface area contributed by atoms with Crippen LogP contribution in [0.2, 0.25) is 0 Å². The molecule has 0 spiro atoms. The van der Waals surface area contributed by atoms with Crippen LogP contribution in [0.4, 0.5) is 0 Å². The summed E-state index contributed by atoms with van der Waals surface area (Å²) in [4.78, 5) is 56.0. The number of amides is 2. The zero-order chi connectivity index (χ0) is 51.4. The number of ether oxygens (including phenoxy) is 2. The van der Waals surface area contributed by atoms with Gasteiger partial charge in [0.15, 0.2) is 0 Å². The molecule has 0 aliphatic rings. The Labute approximate surface area is 430 Å². The molecule has 0 saturated carbocycles. The molecule has 12 nitrogen and oxygen atoms in total. The minimum atomic E-state index is -0.684. The average molecular weight is 990 g/mol. The molecule has 0 aromatic heterocycles. The van der Waals surface area contributed by atoms with Gasteiger partial charge in [0.2, 0.25) is 11.8 Å². The lowest BCUT2D eigenvalue weighted by molar-refractivity contribution is -0.146. The molecule has 0 radical (unpaired) electrons. The maximum Gasteiger partial charge on any atom is 0.307 e. The van der Waals surface area contributed by atoms with Crippen LogP contribution in [0.3, 0.4) is 0 Å². The smallest absolute Gasteiger partial charge is 0.307 e. The summed E-state index contributed by atoms with van der Waals surface area (Å²) in [6.07, 6.45) is 49.0. The number of hydrogen-bond donors (Lipinski definition) is 4. The van der Waals surface area contributed by atoms with E-state index in [1.165, 1.54) is 128 Å². The molecule has 8 N–H and O–H groups in total. The minimum absolute atomic E-state index is 0.0925. The van der Waals surface area contributed by atoms with Gasteiger partial charge in [-0.25, -0.2) is 0 Å². The van der Waals surface area contributed by atoms with Crippen molar-refractivity contribution in [3.8, 4) is 0 Å². The van der Waals surface area contributed by atoms with Crippen LogP contribution in [0.5, 0.6) is 0 Å². The van der Waals surface area contributed by atoms with Gasteiger partial charge in [-0.3, -0.25) is 19.2 Å². The highest BCUT2D eigenvalue weighted by Gasteiger charge is 2.24. The number of esters is 2. The fourth-order valence-corrected chi connectivity index (χ4v) is 8.67. The number of carbonyl (C=O) groups excluding carboxylic acids is 4. The van der Waals surface area contributed by atoms with E-state index in [2.05, 4.69) is 38.2 Å². The molecule has 0 aliphatic heterocycles. The van der Waals surface area contributed by atoms with Crippen molar-refractivity contribution in [1.82, 2.24) is 9.80 Å². The van der Waals surface area contributed by atoms with E-state index in [1.807, 2.05) is 0 Å². The van der Waals surface area contributed by atoms with Gasteiger partial charge in [-0.2, -0.15) is 0 Å². The molecular weight excluding hydrogens is 877 g/mol. The normalized spacial score (nSPS) is 12.5. The lowest BCUT2D eigenvalue weighted by atomic mass is 10.1. The van der Waals surface area contributed by atoms with Crippen molar-refractivity contribution in [1.29, 1.82) is 0 Å². The zero-order valence-corrected chi connectivity index (χ0v) is 45.6. The molecule has 0 aromatic carbocycles. The first-order valence-corrected chi connectivity index (χ1v) is 29.3. The first kappa shape index (κ1) is 67.2. The second-order valence-electron chi connectivity index (χ2n) is 20.0. The molecule has 410 valence electrons. The molecular formula is C58H112N6O6. The predicted octanol–water partition coefficient (Wildman–Crippen LogP) is 12.3. The van der Waals surface area contributed by atoms with Crippen LogP contribution in [0.15, 0.2) is 24.3 Å². The predicted molar refractivity (Wildman–Crippen MR) is 294 cm³/mol. The van der Waals surface area contributed by atoms with Crippen molar-refractivity contribution in [2.75, 3.05) is 52.5 Å². The molecule has 0 aliphatic carbocycles. The van der Waals surface area contributed by atoms with Crippen LogP contribution in [-0.2, 0) is 28.7 Å². The standard InChI is InChI=1S/C58H112N6O6/c1-3-5-7-9-11-13-15-17-19-21-23-25-27-29-31-39-51-69-55(65)43-49-63(57(67)53(61)41-33-35-45-59)47-37-38-48-64(58(68)54(62)42-34-36-46-60)50-44-56(66)70-52-40-32-30-28-26-24-22-20-18-16-14-12-10-8-6-4-2/h17-20,53-54H,3-16,21-52,59-62H2,1-2H3/b19-17-,20-18-/t53-,54-/m1/s1. The molecule has 70 heavy (non-hydrogen) atoms. The van der Waals surface area contributed by atoms with E-state index in [4.69, 9.17) is 32.4 Å². The van der Waals surface area contributed by atoms with Gasteiger partial charge in [0.1, 0.15) is 0 Å². The number of unbranched alkanes of at least 4 members (excludes halogenated alkanes) is 27. The highest BCUT2D eigenvalue weighted by molar-refractivity contribution is 5.83. The van der Waals surface area contributed by atoms with Gasteiger partial charge < -0.3 is 42.2 Å². The topological polar surface area (TPSA) is 197 Å². The van der Waals surface area contributed by atoms with E-state index in [-0.39, 0.29) is 49.7 Å². The summed E-state index contributed by atoms with van der Waals surface area (Å²) < 4.78 is 11.1. The van der Waals surface area contributed by atoms with Gasteiger partial charge in [0.05, 0.1) is 38.1 Å². The van der Waals surface area contributed by atoms with E-state index >= 15 is 0 Å². The Kier molecular flexibility index (Phi) is 50.4. The van der Waals surface area contributed by atoms with Crippen LogP contribution in [0, 0.1) is 0 Å². The van der Waals surface area contributed by atoms with E-state index in [0.29, 0.717) is 65.1 Å². The molecule has 2 atom stereocenters. The maximum absolute atomic E-state index is 13.5. The fourth-order valence-electron chi connectivity index (χ4n) is 8.67. The maximum atomic E-state index is 13.5. The van der Waals surface area contributed by atoms with Gasteiger partial charge in [-0.1, -0.05) is 167 Å². The Bertz CT molecular complexity index is 1170. The Morgan fingerprint density at radius 1 is 0.386 bits per heavy atom. The molecule has 0 aromatic rings. The van der Waals surface area contributed by atoms with Crippen molar-refractivity contribution in [3.63, 3.8) is 0 Å². The van der Waals surface area contributed by atoms with Crippen LogP contribution >= 0.6 is 0 Å². The molecule has 0 heterocycles. The second kappa shape index (κ2) is 52.5. The number of nitrogens with zero attached hydrogens (tertiary/aromatic N) is 2.